The quantitative estimate of drug-likeness (QED) is 0.691. The zero-order chi connectivity index (χ0) is 18.2. The van der Waals surface area contributed by atoms with Gasteiger partial charge in [-0.25, -0.2) is 0 Å². The van der Waals surface area contributed by atoms with Crippen LogP contribution in [-0.4, -0.2) is 36.1 Å². The Hall–Kier alpha value is -1.71. The lowest BCUT2D eigenvalue weighted by molar-refractivity contribution is -0.140. The monoisotopic (exact) mass is 359 g/mol. The van der Waals surface area contributed by atoms with E-state index in [9.17, 15) is 4.79 Å². The molecule has 3 rings (SSSR count). The van der Waals surface area contributed by atoms with Crippen molar-refractivity contribution in [2.45, 2.75) is 83.2 Å². The summed E-state index contributed by atoms with van der Waals surface area (Å²) in [5.41, 5.74) is 0. The van der Waals surface area contributed by atoms with E-state index in [1.807, 2.05) is 31.2 Å². The number of carbonyl (C=O) groups is 1. The van der Waals surface area contributed by atoms with E-state index in [0.29, 0.717) is 18.7 Å². The van der Waals surface area contributed by atoms with Crippen LogP contribution in [0, 0.1) is 0 Å². The molecule has 0 saturated heterocycles. The fourth-order valence-corrected chi connectivity index (χ4v) is 4.44. The molecule has 0 aromatic heterocycles. The predicted octanol–water partition coefficient (Wildman–Crippen LogP) is 4.96. The van der Waals surface area contributed by atoms with E-state index in [-0.39, 0.29) is 12.5 Å². The van der Waals surface area contributed by atoms with Crippen LogP contribution in [0.2, 0.25) is 0 Å². The van der Waals surface area contributed by atoms with E-state index in [1.54, 1.807) is 0 Å². The molecule has 0 unspecified atom stereocenters. The predicted molar refractivity (Wildman–Crippen MR) is 104 cm³/mol. The second-order valence-corrected chi connectivity index (χ2v) is 7.58. The largest absolute Gasteiger partial charge is 0.494 e. The normalized spacial score (nSPS) is 19.1. The van der Waals surface area contributed by atoms with Crippen molar-refractivity contribution in [2.24, 2.45) is 0 Å². The Balaban J connectivity index is 1.60. The van der Waals surface area contributed by atoms with E-state index in [0.717, 1.165) is 37.2 Å². The molecule has 1 aromatic rings. The van der Waals surface area contributed by atoms with Gasteiger partial charge in [0.15, 0.2) is 6.61 Å². The number of carbonyl (C=O) groups excluding carboxylic acids is 1. The van der Waals surface area contributed by atoms with Gasteiger partial charge in [-0.1, -0.05) is 38.5 Å². The van der Waals surface area contributed by atoms with Gasteiger partial charge >= 0.3 is 0 Å². The molecule has 2 aliphatic carbocycles. The molecule has 0 bridgehead atoms. The first-order chi connectivity index (χ1) is 12.8. The highest BCUT2D eigenvalue weighted by molar-refractivity contribution is 5.78. The fraction of sp³-hybridized carbons (Fsp3) is 0.682. The summed E-state index contributed by atoms with van der Waals surface area (Å²) in [6.07, 6.45) is 12.3. The molecule has 0 atom stereocenters. The maximum Gasteiger partial charge on any atom is 0.261 e. The lowest BCUT2D eigenvalue weighted by atomic mass is 9.88. The summed E-state index contributed by atoms with van der Waals surface area (Å²) in [7, 11) is 0. The zero-order valence-electron chi connectivity index (χ0n) is 16.1. The summed E-state index contributed by atoms with van der Waals surface area (Å²) < 4.78 is 11.3. The van der Waals surface area contributed by atoms with Crippen LogP contribution in [-0.2, 0) is 4.79 Å². The van der Waals surface area contributed by atoms with Crippen molar-refractivity contribution in [1.82, 2.24) is 4.90 Å². The Morgan fingerprint density at radius 3 is 1.77 bits per heavy atom. The summed E-state index contributed by atoms with van der Waals surface area (Å²) in [6.45, 7) is 2.76. The van der Waals surface area contributed by atoms with Crippen molar-refractivity contribution >= 4 is 5.91 Å². The molecule has 26 heavy (non-hydrogen) atoms. The maximum absolute atomic E-state index is 13.1. The van der Waals surface area contributed by atoms with Crippen LogP contribution in [0.25, 0.3) is 0 Å². The second kappa shape index (κ2) is 9.84. The summed E-state index contributed by atoms with van der Waals surface area (Å²) in [5.74, 6) is 1.73. The third-order valence-corrected chi connectivity index (χ3v) is 5.72. The maximum atomic E-state index is 13.1. The van der Waals surface area contributed by atoms with Crippen LogP contribution in [0.15, 0.2) is 24.3 Å². The Morgan fingerprint density at radius 2 is 1.31 bits per heavy atom. The zero-order valence-corrected chi connectivity index (χ0v) is 16.1. The Labute approximate surface area is 157 Å². The highest BCUT2D eigenvalue weighted by Gasteiger charge is 2.32. The number of benzene rings is 1. The van der Waals surface area contributed by atoms with E-state index in [1.165, 1.54) is 38.5 Å². The molecule has 2 saturated carbocycles. The smallest absolute Gasteiger partial charge is 0.261 e. The van der Waals surface area contributed by atoms with Crippen LogP contribution in [0.3, 0.4) is 0 Å². The number of hydrogen-bond donors (Lipinski definition) is 0. The van der Waals surface area contributed by atoms with Gasteiger partial charge < -0.3 is 14.4 Å². The van der Waals surface area contributed by atoms with Crippen molar-refractivity contribution in [3.63, 3.8) is 0 Å². The number of hydrogen-bond acceptors (Lipinski definition) is 3. The summed E-state index contributed by atoms with van der Waals surface area (Å²) >= 11 is 0. The van der Waals surface area contributed by atoms with Gasteiger partial charge in [0.2, 0.25) is 0 Å². The minimum atomic E-state index is 0.140. The van der Waals surface area contributed by atoms with Gasteiger partial charge in [-0.2, -0.15) is 0 Å². The van der Waals surface area contributed by atoms with Crippen molar-refractivity contribution in [2.75, 3.05) is 13.2 Å². The number of rotatable bonds is 7. The summed E-state index contributed by atoms with van der Waals surface area (Å²) in [6, 6.07) is 8.38. The standard InChI is InChI=1S/C22H33NO3/c1-2-25-20-13-15-21(16-14-20)26-17-22(24)23(18-9-5-3-6-10-18)19-11-7-4-8-12-19/h13-16,18-19H,2-12,17H2,1H3. The van der Waals surface area contributed by atoms with Crippen LogP contribution in [0.4, 0.5) is 0 Å². The summed E-state index contributed by atoms with van der Waals surface area (Å²) in [5, 5.41) is 0. The van der Waals surface area contributed by atoms with E-state index in [4.69, 9.17) is 9.47 Å². The molecule has 4 heteroatoms. The highest BCUT2D eigenvalue weighted by Crippen LogP contribution is 2.30. The van der Waals surface area contributed by atoms with Crippen LogP contribution in [0.1, 0.15) is 71.1 Å². The first kappa shape index (κ1) is 19.1. The molecule has 0 heterocycles. The number of nitrogens with zero attached hydrogens (tertiary/aromatic N) is 1. The Kier molecular flexibility index (Phi) is 7.22. The number of ether oxygens (including phenoxy) is 2. The lowest BCUT2D eigenvalue weighted by Crippen LogP contribution is -2.50. The molecule has 2 fully saturated rings. The van der Waals surface area contributed by atoms with Crippen molar-refractivity contribution in [3.05, 3.63) is 24.3 Å². The van der Waals surface area contributed by atoms with Crippen LogP contribution < -0.4 is 9.47 Å². The van der Waals surface area contributed by atoms with Gasteiger partial charge in [0.1, 0.15) is 11.5 Å². The summed E-state index contributed by atoms with van der Waals surface area (Å²) in [4.78, 5) is 15.3. The van der Waals surface area contributed by atoms with Crippen molar-refractivity contribution in [1.29, 1.82) is 0 Å². The average molecular weight is 360 g/mol. The molecular formula is C22H33NO3. The van der Waals surface area contributed by atoms with E-state index in [2.05, 4.69) is 4.90 Å². The molecule has 1 aromatic carbocycles. The van der Waals surface area contributed by atoms with E-state index >= 15 is 0 Å². The second-order valence-electron chi connectivity index (χ2n) is 7.58. The van der Waals surface area contributed by atoms with Gasteiger partial charge in [-0.3, -0.25) is 4.79 Å². The van der Waals surface area contributed by atoms with Gasteiger partial charge in [0.25, 0.3) is 5.91 Å². The molecule has 0 spiro atoms. The topological polar surface area (TPSA) is 38.8 Å². The lowest BCUT2D eigenvalue weighted by Gasteiger charge is -2.41. The van der Waals surface area contributed by atoms with Gasteiger partial charge in [0.05, 0.1) is 6.61 Å². The minimum absolute atomic E-state index is 0.140. The number of amides is 1. The van der Waals surface area contributed by atoms with Crippen LogP contribution >= 0.6 is 0 Å². The van der Waals surface area contributed by atoms with Gasteiger partial charge in [-0.15, -0.1) is 0 Å². The van der Waals surface area contributed by atoms with Crippen molar-refractivity contribution < 1.29 is 14.3 Å². The first-order valence-corrected chi connectivity index (χ1v) is 10.4. The van der Waals surface area contributed by atoms with Crippen molar-refractivity contribution in [3.8, 4) is 11.5 Å². The Morgan fingerprint density at radius 1 is 0.846 bits per heavy atom. The molecule has 4 nitrogen and oxygen atoms in total. The first-order valence-electron chi connectivity index (χ1n) is 10.4. The molecular weight excluding hydrogens is 326 g/mol. The molecule has 0 N–H and O–H groups in total. The molecule has 0 aliphatic heterocycles. The third kappa shape index (κ3) is 5.15. The highest BCUT2D eigenvalue weighted by atomic mass is 16.5. The molecule has 0 radical (unpaired) electrons. The Bertz CT molecular complexity index is 527. The third-order valence-electron chi connectivity index (χ3n) is 5.72. The van der Waals surface area contributed by atoms with Gasteiger partial charge in [0, 0.05) is 12.1 Å². The average Bonchev–Trinajstić information content (AvgIpc) is 2.70. The minimum Gasteiger partial charge on any atom is -0.494 e. The fourth-order valence-electron chi connectivity index (χ4n) is 4.44. The van der Waals surface area contributed by atoms with Crippen LogP contribution in [0.5, 0.6) is 11.5 Å². The molecule has 144 valence electrons. The molecule has 1 amide bonds. The van der Waals surface area contributed by atoms with Gasteiger partial charge in [-0.05, 0) is 56.9 Å². The SMILES string of the molecule is CCOc1ccc(OCC(=O)N(C2CCCCC2)C2CCCCC2)cc1. The molecule has 2 aliphatic rings. The van der Waals surface area contributed by atoms with E-state index < -0.39 is 0 Å².